The third-order valence-corrected chi connectivity index (χ3v) is 5.09. The first kappa shape index (κ1) is 18.1. The van der Waals surface area contributed by atoms with E-state index in [9.17, 15) is 4.21 Å². The summed E-state index contributed by atoms with van der Waals surface area (Å²) >= 11 is -1.28. The average molecular weight is 306 g/mol. The highest BCUT2D eigenvalue weighted by atomic mass is 32.2. The molecule has 0 bridgehead atoms. The van der Waals surface area contributed by atoms with E-state index in [-0.39, 0.29) is 17.5 Å². The standard InChI is InChI=1S/C15H30O4S/c1-4-6-10-18-13-8-9-14(19-11-7-5-2)15(12-13)20(16)17-3/h13-15H,4-12H2,1-3H3. The van der Waals surface area contributed by atoms with Crippen molar-refractivity contribution in [3.63, 3.8) is 0 Å². The van der Waals surface area contributed by atoms with Gasteiger partial charge in [-0.2, -0.15) is 0 Å². The van der Waals surface area contributed by atoms with Crippen molar-refractivity contribution in [1.29, 1.82) is 0 Å². The summed E-state index contributed by atoms with van der Waals surface area (Å²) in [6.07, 6.45) is 7.35. The van der Waals surface area contributed by atoms with Crippen LogP contribution in [0.4, 0.5) is 0 Å². The summed E-state index contributed by atoms with van der Waals surface area (Å²) < 4.78 is 28.9. The topological polar surface area (TPSA) is 44.8 Å². The van der Waals surface area contributed by atoms with Crippen LogP contribution in [0.3, 0.4) is 0 Å². The number of hydrogen-bond donors (Lipinski definition) is 0. The zero-order valence-corrected chi connectivity index (χ0v) is 14.0. The molecule has 0 saturated heterocycles. The molecule has 1 saturated carbocycles. The predicted molar refractivity (Wildman–Crippen MR) is 82.1 cm³/mol. The SMILES string of the molecule is CCCCOC1CCC(OCCCC)C(S(=O)OC)C1. The molecule has 5 heteroatoms. The molecule has 0 aromatic carbocycles. The van der Waals surface area contributed by atoms with Crippen LogP contribution in [-0.2, 0) is 24.7 Å². The third kappa shape index (κ3) is 6.20. The number of unbranched alkanes of at least 4 members (excludes halogenated alkanes) is 2. The smallest absolute Gasteiger partial charge is 0.161 e. The highest BCUT2D eigenvalue weighted by Crippen LogP contribution is 2.28. The van der Waals surface area contributed by atoms with Crippen LogP contribution >= 0.6 is 0 Å². The lowest BCUT2D eigenvalue weighted by Gasteiger charge is -2.34. The minimum absolute atomic E-state index is 0.0494. The lowest BCUT2D eigenvalue weighted by Crippen LogP contribution is -2.42. The van der Waals surface area contributed by atoms with E-state index in [2.05, 4.69) is 13.8 Å². The van der Waals surface area contributed by atoms with E-state index in [0.29, 0.717) is 0 Å². The van der Waals surface area contributed by atoms with Crippen molar-refractivity contribution in [1.82, 2.24) is 0 Å². The first-order valence-corrected chi connectivity index (χ1v) is 9.04. The predicted octanol–water partition coefficient (Wildman–Crippen LogP) is 3.22. The molecule has 0 amide bonds. The number of hydrogen-bond acceptors (Lipinski definition) is 4. The lowest BCUT2D eigenvalue weighted by molar-refractivity contribution is -0.0301. The van der Waals surface area contributed by atoms with Gasteiger partial charge in [0.25, 0.3) is 0 Å². The summed E-state index contributed by atoms with van der Waals surface area (Å²) in [5.74, 6) is 0. The molecular formula is C15H30O4S. The van der Waals surface area contributed by atoms with E-state index in [1.807, 2.05) is 0 Å². The zero-order chi connectivity index (χ0) is 14.8. The maximum atomic E-state index is 12.0. The Morgan fingerprint density at radius 1 is 1.05 bits per heavy atom. The number of rotatable bonds is 10. The van der Waals surface area contributed by atoms with Crippen LogP contribution in [-0.4, -0.2) is 42.0 Å². The molecule has 1 aliphatic carbocycles. The van der Waals surface area contributed by atoms with E-state index >= 15 is 0 Å². The molecule has 0 N–H and O–H groups in total. The quantitative estimate of drug-likeness (QED) is 0.581. The molecule has 0 aromatic heterocycles. The van der Waals surface area contributed by atoms with Gasteiger partial charge in [0.05, 0.1) is 24.6 Å². The van der Waals surface area contributed by atoms with Crippen molar-refractivity contribution >= 4 is 11.1 Å². The van der Waals surface area contributed by atoms with E-state index in [4.69, 9.17) is 13.7 Å². The van der Waals surface area contributed by atoms with Gasteiger partial charge in [0, 0.05) is 13.2 Å². The Balaban J connectivity index is 2.45. The molecule has 1 aliphatic rings. The van der Waals surface area contributed by atoms with Gasteiger partial charge in [-0.1, -0.05) is 26.7 Å². The molecule has 0 spiro atoms. The van der Waals surface area contributed by atoms with Crippen molar-refractivity contribution in [2.75, 3.05) is 20.3 Å². The second kappa shape index (κ2) is 10.7. The minimum Gasteiger partial charge on any atom is -0.378 e. The Bertz CT molecular complexity index is 273. The van der Waals surface area contributed by atoms with Crippen molar-refractivity contribution in [2.24, 2.45) is 0 Å². The normalized spacial score (nSPS) is 28.4. The Morgan fingerprint density at radius 3 is 2.30 bits per heavy atom. The maximum absolute atomic E-state index is 12.0. The van der Waals surface area contributed by atoms with E-state index < -0.39 is 11.1 Å². The molecule has 1 rings (SSSR count). The summed E-state index contributed by atoms with van der Waals surface area (Å²) in [6, 6.07) is 0. The van der Waals surface area contributed by atoms with E-state index in [0.717, 1.165) is 58.2 Å². The van der Waals surface area contributed by atoms with Crippen molar-refractivity contribution in [3.8, 4) is 0 Å². The van der Waals surface area contributed by atoms with Gasteiger partial charge in [-0.25, -0.2) is 4.21 Å². The molecule has 20 heavy (non-hydrogen) atoms. The van der Waals surface area contributed by atoms with Crippen LogP contribution < -0.4 is 0 Å². The summed E-state index contributed by atoms with van der Waals surface area (Å²) in [5.41, 5.74) is 0. The van der Waals surface area contributed by atoms with Crippen LogP contribution in [0.5, 0.6) is 0 Å². The van der Waals surface area contributed by atoms with Crippen LogP contribution in [0.25, 0.3) is 0 Å². The lowest BCUT2D eigenvalue weighted by atomic mass is 9.94. The van der Waals surface area contributed by atoms with Gasteiger partial charge in [0.1, 0.15) is 0 Å². The van der Waals surface area contributed by atoms with Gasteiger partial charge in [-0.15, -0.1) is 0 Å². The van der Waals surface area contributed by atoms with Crippen LogP contribution in [0.15, 0.2) is 0 Å². The minimum atomic E-state index is -1.28. The monoisotopic (exact) mass is 306 g/mol. The summed E-state index contributed by atoms with van der Waals surface area (Å²) in [6.45, 7) is 5.85. The zero-order valence-electron chi connectivity index (χ0n) is 13.1. The molecule has 4 nitrogen and oxygen atoms in total. The summed E-state index contributed by atoms with van der Waals surface area (Å²) in [7, 11) is 1.50. The fraction of sp³-hybridized carbons (Fsp3) is 1.00. The fourth-order valence-corrected chi connectivity index (χ4v) is 3.59. The van der Waals surface area contributed by atoms with Crippen molar-refractivity contribution in [2.45, 2.75) is 76.3 Å². The Labute approximate surface area is 126 Å². The van der Waals surface area contributed by atoms with Crippen LogP contribution in [0.1, 0.15) is 58.8 Å². The van der Waals surface area contributed by atoms with Gasteiger partial charge in [-0.05, 0) is 32.1 Å². The van der Waals surface area contributed by atoms with Crippen molar-refractivity contribution < 1.29 is 17.9 Å². The molecule has 0 aromatic rings. The Hall–Kier alpha value is 0.0300. The largest absolute Gasteiger partial charge is 0.378 e. The first-order chi connectivity index (χ1) is 9.72. The molecule has 120 valence electrons. The molecule has 0 radical (unpaired) electrons. The second-order valence-electron chi connectivity index (χ2n) is 5.39. The molecular weight excluding hydrogens is 276 g/mol. The Morgan fingerprint density at radius 2 is 1.70 bits per heavy atom. The van der Waals surface area contributed by atoms with Gasteiger partial charge >= 0.3 is 0 Å². The highest BCUT2D eigenvalue weighted by Gasteiger charge is 2.36. The van der Waals surface area contributed by atoms with Gasteiger partial charge in [0.2, 0.25) is 0 Å². The fourth-order valence-electron chi connectivity index (χ4n) is 2.51. The van der Waals surface area contributed by atoms with E-state index in [1.54, 1.807) is 0 Å². The molecule has 0 aliphatic heterocycles. The highest BCUT2D eigenvalue weighted by molar-refractivity contribution is 7.80. The molecule has 0 heterocycles. The summed E-state index contributed by atoms with van der Waals surface area (Å²) in [4.78, 5) is 0. The first-order valence-electron chi connectivity index (χ1n) is 7.91. The Kier molecular flexibility index (Phi) is 9.68. The molecule has 1 fully saturated rings. The maximum Gasteiger partial charge on any atom is 0.161 e. The van der Waals surface area contributed by atoms with Crippen LogP contribution in [0, 0.1) is 0 Å². The third-order valence-electron chi connectivity index (χ3n) is 3.78. The second-order valence-corrected chi connectivity index (χ2v) is 6.85. The van der Waals surface area contributed by atoms with Crippen LogP contribution in [0.2, 0.25) is 0 Å². The van der Waals surface area contributed by atoms with Gasteiger partial charge < -0.3 is 9.47 Å². The van der Waals surface area contributed by atoms with Crippen molar-refractivity contribution in [3.05, 3.63) is 0 Å². The van der Waals surface area contributed by atoms with Gasteiger partial charge in [-0.3, -0.25) is 4.18 Å². The average Bonchev–Trinajstić information content (AvgIpc) is 2.48. The van der Waals surface area contributed by atoms with Gasteiger partial charge in [0.15, 0.2) is 11.1 Å². The number of ether oxygens (including phenoxy) is 2. The molecule has 4 atom stereocenters. The molecule has 4 unspecified atom stereocenters. The van der Waals surface area contributed by atoms with E-state index in [1.165, 1.54) is 7.11 Å². The summed E-state index contributed by atoms with van der Waals surface area (Å²) in [5, 5.41) is -0.0581.